The molecule has 0 aliphatic rings. The number of rotatable bonds is 6. The maximum absolute atomic E-state index is 13.8. The van der Waals surface area contributed by atoms with Crippen molar-refractivity contribution in [1.29, 1.82) is 0 Å². The summed E-state index contributed by atoms with van der Waals surface area (Å²) < 4.78 is 5.91. The van der Waals surface area contributed by atoms with Crippen molar-refractivity contribution in [2.24, 2.45) is 0 Å². The Morgan fingerprint density at radius 2 is 1.68 bits per heavy atom. The Morgan fingerprint density at radius 3 is 2.37 bits per heavy atom. The number of amides is 1. The maximum Gasteiger partial charge on any atom is 0.341 e. The number of halogens is 1. The summed E-state index contributed by atoms with van der Waals surface area (Å²) in [6.07, 6.45) is 0. The highest BCUT2D eigenvalue weighted by molar-refractivity contribution is 9.10. The van der Waals surface area contributed by atoms with E-state index in [0.29, 0.717) is 44.2 Å². The molecule has 5 rings (SSSR count). The van der Waals surface area contributed by atoms with Crippen LogP contribution in [0, 0.1) is 0 Å². The molecule has 38 heavy (non-hydrogen) atoms. The molecular weight excluding hydrogens is 560 g/mol. The van der Waals surface area contributed by atoms with E-state index in [9.17, 15) is 9.59 Å². The average molecular weight is 586 g/mol. The van der Waals surface area contributed by atoms with Crippen molar-refractivity contribution in [2.75, 3.05) is 12.4 Å². The number of benzene rings is 3. The first-order valence-corrected chi connectivity index (χ1v) is 13.8. The van der Waals surface area contributed by atoms with Gasteiger partial charge < -0.3 is 10.1 Å². The van der Waals surface area contributed by atoms with Crippen LogP contribution in [0.2, 0.25) is 0 Å². The molecule has 0 aliphatic heterocycles. The molecule has 7 heteroatoms. The van der Waals surface area contributed by atoms with Gasteiger partial charge in [0.1, 0.15) is 10.6 Å². The summed E-state index contributed by atoms with van der Waals surface area (Å²) in [6.45, 7) is 4.31. The van der Waals surface area contributed by atoms with Crippen molar-refractivity contribution < 1.29 is 14.3 Å². The molecule has 1 N–H and O–H groups in total. The number of nitrogens with zero attached hydrogens (tertiary/aromatic N) is 1. The topological polar surface area (TPSA) is 68.3 Å². The van der Waals surface area contributed by atoms with Crippen LogP contribution >= 0.6 is 27.3 Å². The molecular formula is C31H25BrN2O3S. The fourth-order valence-electron chi connectivity index (χ4n) is 4.33. The zero-order valence-corrected chi connectivity index (χ0v) is 23.5. The number of thiophene rings is 1. The van der Waals surface area contributed by atoms with Crippen LogP contribution in [0.25, 0.3) is 33.3 Å². The van der Waals surface area contributed by atoms with Gasteiger partial charge in [-0.25, -0.2) is 9.78 Å². The quantitative estimate of drug-likeness (QED) is 0.203. The molecule has 2 aromatic heterocycles. The first-order valence-electron chi connectivity index (χ1n) is 12.1. The number of fused-ring (bicyclic) bond motifs is 1. The summed E-state index contributed by atoms with van der Waals surface area (Å²) in [5, 5.41) is 5.98. The molecule has 0 spiro atoms. The number of hydrogen-bond donors (Lipinski definition) is 1. The minimum absolute atomic E-state index is 0.331. The molecule has 0 fully saturated rings. The Kier molecular flexibility index (Phi) is 7.40. The number of esters is 1. The smallest absolute Gasteiger partial charge is 0.341 e. The normalized spacial score (nSPS) is 11.1. The molecule has 0 bridgehead atoms. The van der Waals surface area contributed by atoms with Crippen LogP contribution in [-0.4, -0.2) is 24.0 Å². The predicted molar refractivity (Wildman–Crippen MR) is 158 cm³/mol. The van der Waals surface area contributed by atoms with Crippen molar-refractivity contribution in [3.8, 4) is 22.4 Å². The summed E-state index contributed by atoms with van der Waals surface area (Å²) in [7, 11) is 1.34. The lowest BCUT2D eigenvalue weighted by atomic mass is 9.99. The third-order valence-corrected chi connectivity index (χ3v) is 7.77. The molecule has 3 aromatic carbocycles. The molecule has 0 aliphatic carbocycles. The highest BCUT2D eigenvalue weighted by Gasteiger charge is 2.24. The summed E-state index contributed by atoms with van der Waals surface area (Å²) in [5.41, 5.74) is 5.94. The highest BCUT2D eigenvalue weighted by Crippen LogP contribution is 2.37. The lowest BCUT2D eigenvalue weighted by Gasteiger charge is -2.12. The van der Waals surface area contributed by atoms with E-state index in [1.807, 2.05) is 66.0 Å². The Morgan fingerprint density at radius 1 is 0.947 bits per heavy atom. The summed E-state index contributed by atoms with van der Waals surface area (Å²) in [5.74, 6) is -0.418. The first-order chi connectivity index (χ1) is 18.4. The molecule has 5 aromatic rings. The van der Waals surface area contributed by atoms with Gasteiger partial charge in [0, 0.05) is 26.4 Å². The summed E-state index contributed by atoms with van der Waals surface area (Å²) >= 11 is 4.81. The minimum Gasteiger partial charge on any atom is -0.465 e. The number of hydrogen-bond acceptors (Lipinski definition) is 5. The molecule has 5 nitrogen and oxygen atoms in total. The summed E-state index contributed by atoms with van der Waals surface area (Å²) in [6, 6.07) is 25.3. The highest BCUT2D eigenvalue weighted by atomic mass is 79.9. The molecule has 0 atom stereocenters. The first kappa shape index (κ1) is 25.8. The Labute approximate surface area is 233 Å². The number of methoxy groups -OCH3 is 1. The molecule has 0 saturated heterocycles. The van der Waals surface area contributed by atoms with Crippen LogP contribution < -0.4 is 5.32 Å². The van der Waals surface area contributed by atoms with Gasteiger partial charge in [-0.1, -0.05) is 84.4 Å². The fraction of sp³-hybridized carbons (Fsp3) is 0.129. The van der Waals surface area contributed by atoms with Crippen molar-refractivity contribution in [2.45, 2.75) is 19.8 Å². The van der Waals surface area contributed by atoms with Crippen LogP contribution in [0.15, 0.2) is 88.7 Å². The number of pyridine rings is 1. The molecule has 0 saturated carbocycles. The second-order valence-corrected chi connectivity index (χ2v) is 11.0. The van der Waals surface area contributed by atoms with Crippen LogP contribution in [-0.2, 0) is 4.74 Å². The Hall–Kier alpha value is -3.81. The van der Waals surface area contributed by atoms with Crippen LogP contribution in [0.5, 0.6) is 0 Å². The molecule has 2 heterocycles. The van der Waals surface area contributed by atoms with Gasteiger partial charge in [-0.05, 0) is 41.3 Å². The maximum atomic E-state index is 13.8. The van der Waals surface area contributed by atoms with Gasteiger partial charge in [0.25, 0.3) is 5.91 Å². The molecule has 190 valence electrons. The lowest BCUT2D eigenvalue weighted by Crippen LogP contribution is -2.15. The van der Waals surface area contributed by atoms with E-state index >= 15 is 0 Å². The second-order valence-electron chi connectivity index (χ2n) is 9.16. The van der Waals surface area contributed by atoms with E-state index in [-0.39, 0.29) is 5.91 Å². The largest absolute Gasteiger partial charge is 0.465 e. The average Bonchev–Trinajstić information content (AvgIpc) is 3.35. The number of carbonyl (C=O) groups is 2. The zero-order chi connectivity index (χ0) is 26.8. The minimum atomic E-state index is -0.506. The van der Waals surface area contributed by atoms with E-state index in [0.717, 1.165) is 15.6 Å². The third-order valence-electron chi connectivity index (χ3n) is 6.38. The van der Waals surface area contributed by atoms with Crippen molar-refractivity contribution in [1.82, 2.24) is 4.98 Å². The second kappa shape index (κ2) is 10.9. The predicted octanol–water partition coefficient (Wildman–Crippen LogP) is 8.56. The van der Waals surface area contributed by atoms with Gasteiger partial charge in [-0.15, -0.1) is 11.3 Å². The van der Waals surface area contributed by atoms with Crippen LogP contribution in [0.1, 0.15) is 46.0 Å². The number of aromatic nitrogens is 1. The number of nitrogens with one attached hydrogen (secondary N) is 1. The van der Waals surface area contributed by atoms with Gasteiger partial charge in [0.05, 0.1) is 23.9 Å². The Balaban J connectivity index is 1.59. The number of ether oxygens (including phenoxy) is 1. The van der Waals surface area contributed by atoms with Gasteiger partial charge >= 0.3 is 5.97 Å². The van der Waals surface area contributed by atoms with Gasteiger partial charge in [0.2, 0.25) is 0 Å². The fourth-order valence-corrected chi connectivity index (χ4v) is 5.64. The van der Waals surface area contributed by atoms with E-state index in [1.54, 1.807) is 6.07 Å². The van der Waals surface area contributed by atoms with Crippen molar-refractivity contribution >= 4 is 55.0 Å². The van der Waals surface area contributed by atoms with E-state index in [1.165, 1.54) is 24.0 Å². The summed E-state index contributed by atoms with van der Waals surface area (Å²) in [4.78, 5) is 31.4. The SMILES string of the molecule is COC(=O)c1c(-c2ccccc2)csc1NC(=O)c1cc(-c2ccc(C(C)C)cc2)nc2ccc(Br)cc12. The monoisotopic (exact) mass is 584 g/mol. The van der Waals surface area contributed by atoms with Crippen LogP contribution in [0.3, 0.4) is 0 Å². The third kappa shape index (κ3) is 5.12. The Bertz CT molecular complexity index is 1640. The zero-order valence-electron chi connectivity index (χ0n) is 21.1. The van der Waals surface area contributed by atoms with Gasteiger partial charge in [0.15, 0.2) is 0 Å². The molecule has 1 amide bonds. The van der Waals surface area contributed by atoms with Gasteiger partial charge in [-0.3, -0.25) is 4.79 Å². The van der Waals surface area contributed by atoms with Gasteiger partial charge in [-0.2, -0.15) is 0 Å². The van der Waals surface area contributed by atoms with E-state index in [4.69, 9.17) is 9.72 Å². The van der Waals surface area contributed by atoms with E-state index in [2.05, 4.69) is 47.2 Å². The molecule has 0 unspecified atom stereocenters. The lowest BCUT2D eigenvalue weighted by molar-refractivity contribution is 0.0603. The van der Waals surface area contributed by atoms with Crippen molar-refractivity contribution in [3.05, 3.63) is 105 Å². The number of anilines is 1. The van der Waals surface area contributed by atoms with Crippen LogP contribution in [0.4, 0.5) is 5.00 Å². The number of carbonyl (C=O) groups excluding carboxylic acids is 2. The molecule has 0 radical (unpaired) electrons. The van der Waals surface area contributed by atoms with E-state index < -0.39 is 5.97 Å². The van der Waals surface area contributed by atoms with Crippen molar-refractivity contribution in [3.63, 3.8) is 0 Å². The standard InChI is InChI=1S/C31H25BrN2O3S/c1-18(2)19-9-11-21(12-10-19)27-16-24(23-15-22(32)13-14-26(23)33-27)29(35)34-30-28(31(36)37-3)25(17-38-30)20-7-5-4-6-8-20/h4-18H,1-3H3,(H,34,35).